The first-order valence-electron chi connectivity index (χ1n) is 9.18. The van der Waals surface area contributed by atoms with Gasteiger partial charge in [-0.3, -0.25) is 4.98 Å². The van der Waals surface area contributed by atoms with E-state index in [2.05, 4.69) is 46.7 Å². The zero-order valence-electron chi connectivity index (χ0n) is 14.9. The van der Waals surface area contributed by atoms with Gasteiger partial charge in [-0.1, -0.05) is 30.3 Å². The number of pyridine rings is 1. The molecule has 0 saturated carbocycles. The summed E-state index contributed by atoms with van der Waals surface area (Å²) in [6.45, 7) is 3.36. The van der Waals surface area contributed by atoms with Crippen LogP contribution in [0.15, 0.2) is 71.6 Å². The Morgan fingerprint density at radius 2 is 1.88 bits per heavy atom. The molecule has 134 valence electrons. The Hall–Kier alpha value is -2.43. The van der Waals surface area contributed by atoms with Crippen molar-refractivity contribution in [1.82, 2.24) is 10.3 Å². The van der Waals surface area contributed by atoms with Crippen molar-refractivity contribution in [3.05, 3.63) is 78.3 Å². The number of benzene rings is 1. The van der Waals surface area contributed by atoms with E-state index in [1.165, 1.54) is 5.56 Å². The van der Waals surface area contributed by atoms with Crippen molar-refractivity contribution in [2.75, 3.05) is 19.7 Å². The van der Waals surface area contributed by atoms with E-state index >= 15 is 0 Å². The van der Waals surface area contributed by atoms with Crippen molar-refractivity contribution < 1.29 is 9.15 Å². The van der Waals surface area contributed by atoms with Gasteiger partial charge in [0, 0.05) is 23.4 Å². The SMILES string of the molecule is c1ccc(C2(COCc3cncc(-c4ccco4)c3)CCNCC2)cc1. The van der Waals surface area contributed by atoms with Crippen LogP contribution in [0.25, 0.3) is 11.3 Å². The Kier molecular flexibility index (Phi) is 5.14. The summed E-state index contributed by atoms with van der Waals surface area (Å²) in [5.41, 5.74) is 3.52. The average Bonchev–Trinajstić information content (AvgIpc) is 3.25. The van der Waals surface area contributed by atoms with Crippen LogP contribution in [0, 0.1) is 0 Å². The van der Waals surface area contributed by atoms with E-state index in [0.717, 1.165) is 49.4 Å². The standard InChI is InChI=1S/C22H24N2O2/c1-2-5-20(6-3-1)22(8-10-23-11-9-22)17-25-16-18-13-19(15-24-14-18)21-7-4-12-26-21/h1-7,12-15,23H,8-11,16-17H2. The van der Waals surface area contributed by atoms with Gasteiger partial charge in [-0.05, 0) is 55.3 Å². The molecule has 4 nitrogen and oxygen atoms in total. The van der Waals surface area contributed by atoms with Gasteiger partial charge < -0.3 is 14.5 Å². The fourth-order valence-corrected chi connectivity index (χ4v) is 3.72. The fraction of sp³-hybridized carbons (Fsp3) is 0.318. The molecule has 1 aliphatic heterocycles. The van der Waals surface area contributed by atoms with Crippen molar-refractivity contribution in [1.29, 1.82) is 0 Å². The smallest absolute Gasteiger partial charge is 0.135 e. The monoisotopic (exact) mass is 348 g/mol. The van der Waals surface area contributed by atoms with Crippen LogP contribution in [0.5, 0.6) is 0 Å². The molecular weight excluding hydrogens is 324 g/mol. The lowest BCUT2D eigenvalue weighted by Crippen LogP contribution is -2.43. The van der Waals surface area contributed by atoms with Gasteiger partial charge in [0.15, 0.2) is 0 Å². The quantitative estimate of drug-likeness (QED) is 0.726. The first-order valence-corrected chi connectivity index (χ1v) is 9.18. The molecular formula is C22H24N2O2. The third-order valence-corrected chi connectivity index (χ3v) is 5.19. The van der Waals surface area contributed by atoms with Gasteiger partial charge in [0.05, 0.1) is 19.5 Å². The van der Waals surface area contributed by atoms with Gasteiger partial charge in [0.2, 0.25) is 0 Å². The summed E-state index contributed by atoms with van der Waals surface area (Å²) in [4.78, 5) is 4.33. The molecule has 0 amide bonds. The normalized spacial score (nSPS) is 16.5. The van der Waals surface area contributed by atoms with E-state index in [1.807, 2.05) is 24.5 Å². The number of ether oxygens (including phenoxy) is 1. The number of piperidine rings is 1. The van der Waals surface area contributed by atoms with Crippen LogP contribution in [-0.2, 0) is 16.8 Å². The molecule has 1 aliphatic rings. The number of hydrogen-bond acceptors (Lipinski definition) is 4. The highest BCUT2D eigenvalue weighted by Crippen LogP contribution is 2.34. The Morgan fingerprint density at radius 3 is 2.65 bits per heavy atom. The number of furan rings is 1. The van der Waals surface area contributed by atoms with Crippen molar-refractivity contribution in [3.63, 3.8) is 0 Å². The predicted molar refractivity (Wildman–Crippen MR) is 102 cm³/mol. The summed E-state index contributed by atoms with van der Waals surface area (Å²) in [6, 6.07) is 16.7. The van der Waals surface area contributed by atoms with Gasteiger partial charge in [-0.2, -0.15) is 0 Å². The number of hydrogen-bond donors (Lipinski definition) is 1. The summed E-state index contributed by atoms with van der Waals surface area (Å²) < 4.78 is 11.7. The second-order valence-corrected chi connectivity index (χ2v) is 6.95. The number of nitrogens with one attached hydrogen (secondary N) is 1. The Labute approximate surface area is 154 Å². The van der Waals surface area contributed by atoms with Crippen LogP contribution in [0.1, 0.15) is 24.0 Å². The van der Waals surface area contributed by atoms with E-state index < -0.39 is 0 Å². The molecule has 0 spiro atoms. The lowest BCUT2D eigenvalue weighted by molar-refractivity contribution is 0.0564. The maximum absolute atomic E-state index is 6.19. The Morgan fingerprint density at radius 1 is 1.04 bits per heavy atom. The molecule has 1 aromatic carbocycles. The molecule has 26 heavy (non-hydrogen) atoms. The van der Waals surface area contributed by atoms with Gasteiger partial charge in [-0.25, -0.2) is 0 Å². The second kappa shape index (κ2) is 7.85. The lowest BCUT2D eigenvalue weighted by atomic mass is 9.74. The van der Waals surface area contributed by atoms with Gasteiger partial charge >= 0.3 is 0 Å². The van der Waals surface area contributed by atoms with E-state index in [-0.39, 0.29) is 5.41 Å². The molecule has 3 heterocycles. The molecule has 1 N–H and O–H groups in total. The molecule has 1 fully saturated rings. The third kappa shape index (κ3) is 3.71. The van der Waals surface area contributed by atoms with Gasteiger partial charge in [0.25, 0.3) is 0 Å². The van der Waals surface area contributed by atoms with Crippen molar-refractivity contribution in [2.24, 2.45) is 0 Å². The number of rotatable bonds is 6. The lowest BCUT2D eigenvalue weighted by Gasteiger charge is -2.38. The highest BCUT2D eigenvalue weighted by atomic mass is 16.5. The average molecular weight is 348 g/mol. The second-order valence-electron chi connectivity index (χ2n) is 6.95. The van der Waals surface area contributed by atoms with Gasteiger partial charge in [0.1, 0.15) is 5.76 Å². The summed E-state index contributed by atoms with van der Waals surface area (Å²) in [5, 5.41) is 3.46. The third-order valence-electron chi connectivity index (χ3n) is 5.19. The predicted octanol–water partition coefficient (Wildman–Crippen LogP) is 4.18. The minimum Gasteiger partial charge on any atom is -0.464 e. The fourth-order valence-electron chi connectivity index (χ4n) is 3.72. The minimum absolute atomic E-state index is 0.0958. The molecule has 1 saturated heterocycles. The first-order chi connectivity index (χ1) is 12.9. The molecule has 0 bridgehead atoms. The Balaban J connectivity index is 1.45. The zero-order valence-corrected chi connectivity index (χ0v) is 14.9. The van der Waals surface area contributed by atoms with Gasteiger partial charge in [-0.15, -0.1) is 0 Å². The summed E-state index contributed by atoms with van der Waals surface area (Å²) in [6.07, 6.45) is 7.56. The number of nitrogens with zero attached hydrogens (tertiary/aromatic N) is 1. The Bertz CT molecular complexity index is 809. The molecule has 0 aliphatic carbocycles. The van der Waals surface area contributed by atoms with E-state index in [9.17, 15) is 0 Å². The molecule has 3 aromatic rings. The van der Waals surface area contributed by atoms with Crippen LogP contribution in [0.3, 0.4) is 0 Å². The molecule has 0 radical (unpaired) electrons. The van der Waals surface area contributed by atoms with E-state index in [1.54, 1.807) is 6.26 Å². The first kappa shape index (κ1) is 17.0. The van der Waals surface area contributed by atoms with Crippen LogP contribution in [0.2, 0.25) is 0 Å². The van der Waals surface area contributed by atoms with Crippen LogP contribution in [-0.4, -0.2) is 24.7 Å². The zero-order chi connectivity index (χ0) is 17.7. The van der Waals surface area contributed by atoms with Crippen LogP contribution >= 0.6 is 0 Å². The maximum Gasteiger partial charge on any atom is 0.135 e. The molecule has 4 rings (SSSR count). The summed E-state index contributed by atoms with van der Waals surface area (Å²) in [7, 11) is 0. The van der Waals surface area contributed by atoms with Crippen LogP contribution < -0.4 is 5.32 Å². The molecule has 0 unspecified atom stereocenters. The van der Waals surface area contributed by atoms with Crippen LogP contribution in [0.4, 0.5) is 0 Å². The number of aromatic nitrogens is 1. The van der Waals surface area contributed by atoms with Crippen molar-refractivity contribution >= 4 is 0 Å². The highest BCUT2D eigenvalue weighted by Gasteiger charge is 2.34. The topological polar surface area (TPSA) is 47.3 Å². The minimum atomic E-state index is 0.0958. The van der Waals surface area contributed by atoms with Crippen molar-refractivity contribution in [2.45, 2.75) is 24.9 Å². The van der Waals surface area contributed by atoms with E-state index in [4.69, 9.17) is 9.15 Å². The maximum atomic E-state index is 6.19. The highest BCUT2D eigenvalue weighted by molar-refractivity contribution is 5.56. The largest absolute Gasteiger partial charge is 0.464 e. The molecule has 2 aromatic heterocycles. The summed E-state index contributed by atoms with van der Waals surface area (Å²) in [5.74, 6) is 0.832. The summed E-state index contributed by atoms with van der Waals surface area (Å²) >= 11 is 0. The molecule has 0 atom stereocenters. The van der Waals surface area contributed by atoms with E-state index in [0.29, 0.717) is 6.61 Å². The van der Waals surface area contributed by atoms with Crippen molar-refractivity contribution in [3.8, 4) is 11.3 Å². The molecule has 4 heteroatoms.